The van der Waals surface area contributed by atoms with Gasteiger partial charge >= 0.3 is 0 Å². The van der Waals surface area contributed by atoms with Gasteiger partial charge in [-0.05, 0) is 86.3 Å². The Morgan fingerprint density at radius 3 is 2.74 bits per heavy atom. The molecule has 0 saturated carbocycles. The van der Waals surface area contributed by atoms with Crippen molar-refractivity contribution in [3.8, 4) is 11.3 Å². The summed E-state index contributed by atoms with van der Waals surface area (Å²) >= 11 is 3.48. The van der Waals surface area contributed by atoms with E-state index in [1.807, 2.05) is 12.1 Å². The highest BCUT2D eigenvalue weighted by Gasteiger charge is 2.31. The number of allylic oxidation sites excluding steroid dienone is 4. The fraction of sp³-hybridized carbons (Fsp3) is 0.240. The van der Waals surface area contributed by atoms with Crippen molar-refractivity contribution >= 4 is 32.3 Å². The first-order chi connectivity index (χ1) is 13.0. The van der Waals surface area contributed by atoms with Crippen LogP contribution in [0.2, 0.25) is 0 Å². The number of hydrogen-bond donors (Lipinski definition) is 0. The Bertz CT molecular complexity index is 1130. The van der Waals surface area contributed by atoms with Crippen molar-refractivity contribution in [1.29, 1.82) is 0 Å². The largest absolute Gasteiger partial charge is 0.241 e. The van der Waals surface area contributed by atoms with Crippen LogP contribution in [0.15, 0.2) is 70.9 Å². The fourth-order valence-electron chi connectivity index (χ4n) is 4.68. The summed E-state index contributed by atoms with van der Waals surface area (Å²) in [5, 5.41) is 2.69. The molecule has 0 radical (unpaired) electrons. The van der Waals surface area contributed by atoms with Gasteiger partial charge in [0.15, 0.2) is 0 Å². The van der Waals surface area contributed by atoms with Gasteiger partial charge in [0.1, 0.15) is 4.60 Å². The maximum absolute atomic E-state index is 4.61. The van der Waals surface area contributed by atoms with E-state index in [0.717, 1.165) is 28.7 Å². The number of benzene rings is 2. The molecule has 1 nitrogen and oxygen atoms in total. The molecule has 0 atom stereocenters. The molecule has 0 amide bonds. The lowest BCUT2D eigenvalue weighted by atomic mass is 9.68. The molecule has 2 aromatic carbocycles. The quantitative estimate of drug-likeness (QED) is 0.378. The van der Waals surface area contributed by atoms with E-state index in [4.69, 9.17) is 0 Å². The van der Waals surface area contributed by atoms with Gasteiger partial charge in [0.05, 0.1) is 5.69 Å². The Morgan fingerprint density at radius 1 is 1.00 bits per heavy atom. The summed E-state index contributed by atoms with van der Waals surface area (Å²) in [6, 6.07) is 17.4. The average Bonchev–Trinajstić information content (AvgIpc) is 2.67. The summed E-state index contributed by atoms with van der Waals surface area (Å²) < 4.78 is 0.872. The molecule has 1 aromatic heterocycles. The highest BCUT2D eigenvalue weighted by molar-refractivity contribution is 9.10. The van der Waals surface area contributed by atoms with Gasteiger partial charge in [0.25, 0.3) is 0 Å². The van der Waals surface area contributed by atoms with Gasteiger partial charge in [-0.25, -0.2) is 4.98 Å². The third kappa shape index (κ3) is 2.78. The van der Waals surface area contributed by atoms with Crippen molar-refractivity contribution < 1.29 is 0 Å². The van der Waals surface area contributed by atoms with E-state index in [2.05, 4.69) is 83.3 Å². The molecule has 3 aromatic rings. The molecular weight excluding hydrogens is 394 g/mol. The van der Waals surface area contributed by atoms with E-state index >= 15 is 0 Å². The minimum absolute atomic E-state index is 0.285. The third-order valence-electron chi connectivity index (χ3n) is 6.11. The van der Waals surface area contributed by atoms with Gasteiger partial charge in [-0.2, -0.15) is 0 Å². The van der Waals surface area contributed by atoms with Gasteiger partial charge in [-0.3, -0.25) is 0 Å². The second kappa shape index (κ2) is 6.17. The molecule has 0 aliphatic heterocycles. The number of nitrogens with zero attached hydrogens (tertiary/aromatic N) is 1. The van der Waals surface area contributed by atoms with Crippen LogP contribution in [0.3, 0.4) is 0 Å². The minimum atomic E-state index is 0.285. The molecule has 0 spiro atoms. The van der Waals surface area contributed by atoms with Crippen molar-refractivity contribution in [1.82, 2.24) is 4.98 Å². The topological polar surface area (TPSA) is 12.9 Å². The summed E-state index contributed by atoms with van der Waals surface area (Å²) in [5.41, 5.74) is 8.49. The van der Waals surface area contributed by atoms with Crippen LogP contribution in [0.1, 0.15) is 37.8 Å². The lowest BCUT2D eigenvalue weighted by molar-refractivity contribution is 0.432. The molecule has 27 heavy (non-hydrogen) atoms. The molecule has 0 fully saturated rings. The number of aromatic nitrogens is 1. The van der Waals surface area contributed by atoms with Crippen LogP contribution in [0.25, 0.3) is 27.6 Å². The first-order valence-electron chi connectivity index (χ1n) is 9.62. The van der Waals surface area contributed by atoms with Gasteiger partial charge < -0.3 is 0 Å². The van der Waals surface area contributed by atoms with Crippen molar-refractivity contribution in [3.63, 3.8) is 0 Å². The standard InChI is InChI=1S/C25H22BrN/c1-25(2)14-4-5-21-20-11-8-16-15-17(23-6-3-7-24(26)27-23)9-10-18(16)19(20)12-13-22(21)25/h3-11,15H,12-14H2,1-2H3. The van der Waals surface area contributed by atoms with Gasteiger partial charge in [-0.1, -0.05) is 61.9 Å². The molecule has 0 unspecified atom stereocenters. The van der Waals surface area contributed by atoms with Gasteiger partial charge in [0.2, 0.25) is 0 Å². The minimum Gasteiger partial charge on any atom is -0.241 e. The Balaban J connectivity index is 1.66. The Kier molecular flexibility index (Phi) is 3.87. The van der Waals surface area contributed by atoms with E-state index in [-0.39, 0.29) is 5.41 Å². The number of hydrogen-bond acceptors (Lipinski definition) is 1. The smallest absolute Gasteiger partial charge is 0.106 e. The number of halogens is 1. The van der Waals surface area contributed by atoms with E-state index in [0.29, 0.717) is 0 Å². The van der Waals surface area contributed by atoms with Crippen LogP contribution in [-0.4, -0.2) is 4.98 Å². The molecule has 5 rings (SSSR count). The number of fused-ring (bicyclic) bond motifs is 4. The number of aryl methyl sites for hydroxylation is 1. The van der Waals surface area contributed by atoms with E-state index in [1.54, 1.807) is 5.57 Å². The van der Waals surface area contributed by atoms with Crippen LogP contribution in [0, 0.1) is 5.41 Å². The van der Waals surface area contributed by atoms with E-state index in [9.17, 15) is 0 Å². The monoisotopic (exact) mass is 415 g/mol. The van der Waals surface area contributed by atoms with Crippen LogP contribution < -0.4 is 0 Å². The highest BCUT2D eigenvalue weighted by atomic mass is 79.9. The van der Waals surface area contributed by atoms with Crippen molar-refractivity contribution in [2.45, 2.75) is 33.1 Å². The van der Waals surface area contributed by atoms with E-state index < -0.39 is 0 Å². The first kappa shape index (κ1) is 16.9. The van der Waals surface area contributed by atoms with Crippen LogP contribution in [-0.2, 0) is 6.42 Å². The maximum atomic E-state index is 4.61. The summed E-state index contributed by atoms with van der Waals surface area (Å²) in [7, 11) is 0. The molecule has 0 N–H and O–H groups in total. The van der Waals surface area contributed by atoms with Crippen molar-refractivity contribution in [2.24, 2.45) is 5.41 Å². The molecular formula is C25H22BrN. The Labute approximate surface area is 169 Å². The number of rotatable bonds is 1. The summed E-state index contributed by atoms with van der Waals surface area (Å²) in [4.78, 5) is 4.61. The average molecular weight is 416 g/mol. The van der Waals surface area contributed by atoms with E-state index in [1.165, 1.54) is 33.9 Å². The fourth-order valence-corrected chi connectivity index (χ4v) is 5.02. The molecule has 2 heteroatoms. The highest BCUT2D eigenvalue weighted by Crippen LogP contribution is 2.47. The van der Waals surface area contributed by atoms with Crippen molar-refractivity contribution in [3.05, 3.63) is 82.0 Å². The number of pyridine rings is 1. The first-order valence-corrected chi connectivity index (χ1v) is 10.4. The van der Waals surface area contributed by atoms with Crippen LogP contribution in [0.4, 0.5) is 0 Å². The molecule has 2 aliphatic carbocycles. The molecule has 0 saturated heterocycles. The Hall–Kier alpha value is -2.19. The zero-order chi connectivity index (χ0) is 18.6. The normalized spacial score (nSPS) is 17.7. The second-order valence-corrected chi connectivity index (χ2v) is 9.07. The lowest BCUT2D eigenvalue weighted by Crippen LogP contribution is -2.21. The molecule has 134 valence electrons. The molecule has 1 heterocycles. The zero-order valence-corrected chi connectivity index (χ0v) is 17.3. The molecule has 2 aliphatic rings. The lowest BCUT2D eigenvalue weighted by Gasteiger charge is -2.36. The van der Waals surface area contributed by atoms with Crippen molar-refractivity contribution in [2.75, 3.05) is 0 Å². The summed E-state index contributed by atoms with van der Waals surface area (Å²) in [6.45, 7) is 4.77. The predicted octanol–water partition coefficient (Wildman–Crippen LogP) is 7.35. The SMILES string of the molecule is CC1(C)CC=CC2=C1CCc1c2ccc2cc(-c3cccc(Br)n3)ccc12. The summed E-state index contributed by atoms with van der Waals surface area (Å²) in [5.74, 6) is 0. The third-order valence-corrected chi connectivity index (χ3v) is 6.55. The van der Waals surface area contributed by atoms with Gasteiger partial charge in [0, 0.05) is 5.56 Å². The summed E-state index contributed by atoms with van der Waals surface area (Å²) in [6.07, 6.45) is 8.16. The van der Waals surface area contributed by atoms with Gasteiger partial charge in [-0.15, -0.1) is 0 Å². The Morgan fingerprint density at radius 2 is 1.89 bits per heavy atom. The predicted molar refractivity (Wildman–Crippen MR) is 118 cm³/mol. The molecule has 0 bridgehead atoms. The van der Waals surface area contributed by atoms with Crippen LogP contribution >= 0.6 is 15.9 Å². The second-order valence-electron chi connectivity index (χ2n) is 8.26. The van der Waals surface area contributed by atoms with Crippen LogP contribution in [0.5, 0.6) is 0 Å². The zero-order valence-electron chi connectivity index (χ0n) is 15.7. The maximum Gasteiger partial charge on any atom is 0.106 e.